The van der Waals surface area contributed by atoms with E-state index < -0.39 is 0 Å². The van der Waals surface area contributed by atoms with E-state index in [1.54, 1.807) is 18.0 Å². The molecule has 140 valence electrons. The monoisotopic (exact) mass is 446 g/mol. The molecule has 0 aliphatic carbocycles. The van der Waals surface area contributed by atoms with E-state index in [1.807, 2.05) is 56.3 Å². The second-order valence-corrected chi connectivity index (χ2v) is 7.24. The Balaban J connectivity index is 1.93. The van der Waals surface area contributed by atoms with Crippen molar-refractivity contribution in [2.24, 2.45) is 5.10 Å². The van der Waals surface area contributed by atoms with Gasteiger partial charge in [0.05, 0.1) is 23.9 Å². The van der Waals surface area contributed by atoms with Crippen molar-refractivity contribution in [1.29, 1.82) is 0 Å². The minimum absolute atomic E-state index is 0.0904. The summed E-state index contributed by atoms with van der Waals surface area (Å²) in [4.78, 5) is 0. The van der Waals surface area contributed by atoms with Crippen LogP contribution in [0.5, 0.6) is 11.5 Å². The molecule has 0 aliphatic heterocycles. The molecule has 0 aliphatic rings. The van der Waals surface area contributed by atoms with E-state index in [0.29, 0.717) is 10.6 Å². The van der Waals surface area contributed by atoms with Crippen molar-refractivity contribution in [2.75, 3.05) is 7.11 Å². The summed E-state index contributed by atoms with van der Waals surface area (Å²) in [6.07, 6.45) is 1.81. The number of hydrogen-bond acceptors (Lipinski definition) is 5. The second-order valence-electron chi connectivity index (χ2n) is 6.00. The van der Waals surface area contributed by atoms with E-state index in [2.05, 4.69) is 31.2 Å². The van der Waals surface area contributed by atoms with E-state index in [1.165, 1.54) is 0 Å². The van der Waals surface area contributed by atoms with Crippen molar-refractivity contribution in [3.63, 3.8) is 0 Å². The number of H-pyrrole nitrogens is 1. The van der Waals surface area contributed by atoms with Gasteiger partial charge in [0.1, 0.15) is 11.5 Å². The molecule has 6 nitrogen and oxygen atoms in total. The summed E-state index contributed by atoms with van der Waals surface area (Å²) in [7, 11) is 1.63. The van der Waals surface area contributed by atoms with Crippen LogP contribution >= 0.6 is 28.1 Å². The molecule has 0 atom stereocenters. The van der Waals surface area contributed by atoms with Crippen LogP contribution in [0, 0.1) is 4.77 Å². The predicted octanol–water partition coefficient (Wildman–Crippen LogP) is 5.05. The van der Waals surface area contributed by atoms with Crippen molar-refractivity contribution in [3.05, 3.63) is 57.3 Å². The Morgan fingerprint density at radius 3 is 2.78 bits per heavy atom. The summed E-state index contributed by atoms with van der Waals surface area (Å²) >= 11 is 8.80. The normalized spacial score (nSPS) is 11.3. The molecule has 2 aromatic carbocycles. The Morgan fingerprint density at radius 1 is 1.26 bits per heavy atom. The Labute approximate surface area is 171 Å². The molecular weight excluding hydrogens is 428 g/mol. The highest BCUT2D eigenvalue weighted by Gasteiger charge is 2.10. The van der Waals surface area contributed by atoms with Crippen molar-refractivity contribution in [2.45, 2.75) is 20.0 Å². The van der Waals surface area contributed by atoms with Gasteiger partial charge in [-0.3, -0.25) is 0 Å². The topological polar surface area (TPSA) is 64.4 Å². The number of methoxy groups -OCH3 is 1. The number of halogens is 1. The summed E-state index contributed by atoms with van der Waals surface area (Å²) < 4.78 is 13.8. The van der Waals surface area contributed by atoms with Gasteiger partial charge >= 0.3 is 0 Å². The average Bonchev–Trinajstić information content (AvgIpc) is 3.00. The quantitative estimate of drug-likeness (QED) is 0.425. The first-order chi connectivity index (χ1) is 13.0. The highest BCUT2D eigenvalue weighted by atomic mass is 79.9. The molecule has 0 saturated heterocycles. The van der Waals surface area contributed by atoms with Crippen LogP contribution in [-0.4, -0.2) is 34.3 Å². The molecule has 0 spiro atoms. The average molecular weight is 447 g/mol. The Bertz CT molecular complexity index is 1030. The van der Waals surface area contributed by atoms with Gasteiger partial charge in [-0.05, 0) is 77.9 Å². The van der Waals surface area contributed by atoms with Gasteiger partial charge in [-0.2, -0.15) is 14.9 Å². The van der Waals surface area contributed by atoms with Crippen molar-refractivity contribution in [1.82, 2.24) is 14.9 Å². The summed E-state index contributed by atoms with van der Waals surface area (Å²) in [6, 6.07) is 13.4. The maximum absolute atomic E-state index is 5.76. The molecule has 0 amide bonds. The number of benzene rings is 2. The van der Waals surface area contributed by atoms with E-state index >= 15 is 0 Å². The fraction of sp³-hybridized carbons (Fsp3) is 0.211. The Kier molecular flexibility index (Phi) is 6.08. The van der Waals surface area contributed by atoms with Gasteiger partial charge in [0.15, 0.2) is 5.82 Å². The molecule has 3 rings (SSSR count). The fourth-order valence-corrected chi connectivity index (χ4v) is 3.19. The van der Waals surface area contributed by atoms with Crippen LogP contribution < -0.4 is 9.47 Å². The largest absolute Gasteiger partial charge is 0.496 e. The van der Waals surface area contributed by atoms with Crippen molar-refractivity contribution >= 4 is 34.4 Å². The number of hydrogen-bond donors (Lipinski definition) is 1. The summed E-state index contributed by atoms with van der Waals surface area (Å²) in [5.74, 6) is 2.14. The zero-order valence-corrected chi connectivity index (χ0v) is 17.5. The number of nitrogens with zero attached hydrogens (tertiary/aromatic N) is 3. The number of aromatic amines is 1. The summed E-state index contributed by atoms with van der Waals surface area (Å²) in [5.41, 5.74) is 1.75. The molecule has 0 saturated carbocycles. The van der Waals surface area contributed by atoms with Gasteiger partial charge in [-0.25, -0.2) is 5.10 Å². The zero-order valence-electron chi connectivity index (χ0n) is 15.1. The van der Waals surface area contributed by atoms with E-state index in [-0.39, 0.29) is 6.10 Å². The van der Waals surface area contributed by atoms with Gasteiger partial charge in [0.25, 0.3) is 0 Å². The van der Waals surface area contributed by atoms with Gasteiger partial charge in [0, 0.05) is 5.56 Å². The summed E-state index contributed by atoms with van der Waals surface area (Å²) in [5, 5.41) is 11.6. The van der Waals surface area contributed by atoms with Crippen molar-refractivity contribution < 1.29 is 9.47 Å². The third kappa shape index (κ3) is 4.64. The van der Waals surface area contributed by atoms with Crippen LogP contribution in [-0.2, 0) is 0 Å². The minimum Gasteiger partial charge on any atom is -0.496 e. The number of aromatic nitrogens is 3. The van der Waals surface area contributed by atoms with Crippen molar-refractivity contribution in [3.8, 4) is 22.9 Å². The lowest BCUT2D eigenvalue weighted by atomic mass is 10.2. The highest BCUT2D eigenvalue weighted by molar-refractivity contribution is 9.10. The summed E-state index contributed by atoms with van der Waals surface area (Å²) in [6.45, 7) is 3.97. The molecule has 0 radical (unpaired) electrons. The number of ether oxygens (including phenoxy) is 2. The zero-order chi connectivity index (χ0) is 19.4. The van der Waals surface area contributed by atoms with Crippen LogP contribution in [0.25, 0.3) is 11.4 Å². The lowest BCUT2D eigenvalue weighted by Gasteiger charge is -2.10. The second kappa shape index (κ2) is 8.49. The molecule has 3 aromatic rings. The molecule has 1 N–H and O–H groups in total. The molecule has 27 heavy (non-hydrogen) atoms. The van der Waals surface area contributed by atoms with Gasteiger partial charge in [-0.1, -0.05) is 12.1 Å². The SMILES string of the molecule is COc1ccc(/C=N\n2c(-c3cccc(OC(C)C)c3)n[nH]c2=S)cc1Br. The molecule has 8 heteroatoms. The number of nitrogens with one attached hydrogen (secondary N) is 1. The third-order valence-corrected chi connectivity index (χ3v) is 4.50. The van der Waals surface area contributed by atoms with Gasteiger partial charge in [-0.15, -0.1) is 0 Å². The third-order valence-electron chi connectivity index (χ3n) is 3.61. The maximum Gasteiger partial charge on any atom is 0.216 e. The molecule has 0 bridgehead atoms. The molecular formula is C19H19BrN4O2S. The highest BCUT2D eigenvalue weighted by Crippen LogP contribution is 2.25. The minimum atomic E-state index is 0.0904. The van der Waals surface area contributed by atoms with E-state index in [4.69, 9.17) is 21.7 Å². The Hall–Kier alpha value is -2.45. The van der Waals surface area contributed by atoms with E-state index in [0.717, 1.165) is 27.1 Å². The first-order valence-corrected chi connectivity index (χ1v) is 9.50. The fourth-order valence-electron chi connectivity index (χ4n) is 2.45. The van der Waals surface area contributed by atoms with Gasteiger partial charge < -0.3 is 9.47 Å². The lowest BCUT2D eigenvalue weighted by molar-refractivity contribution is 0.242. The van der Waals surface area contributed by atoms with Crippen LogP contribution in [0.2, 0.25) is 0 Å². The first kappa shape index (κ1) is 19.3. The molecule has 0 unspecified atom stereocenters. The van der Waals surface area contributed by atoms with Crippen LogP contribution in [0.3, 0.4) is 0 Å². The molecule has 0 fully saturated rings. The van der Waals surface area contributed by atoms with Crippen LogP contribution in [0.4, 0.5) is 0 Å². The molecule has 1 heterocycles. The first-order valence-electron chi connectivity index (χ1n) is 8.30. The standard InChI is InChI=1S/C19H19BrN4O2S/c1-12(2)26-15-6-4-5-14(10-15)18-22-23-19(27)24(18)21-11-13-7-8-17(25-3)16(20)9-13/h4-12H,1-3H3,(H,23,27)/b21-11-. The van der Waals surface area contributed by atoms with Crippen LogP contribution in [0.15, 0.2) is 52.0 Å². The lowest BCUT2D eigenvalue weighted by Crippen LogP contribution is -2.05. The van der Waals surface area contributed by atoms with E-state index in [9.17, 15) is 0 Å². The van der Waals surface area contributed by atoms with Crippen LogP contribution in [0.1, 0.15) is 19.4 Å². The predicted molar refractivity (Wildman–Crippen MR) is 112 cm³/mol. The molecule has 1 aromatic heterocycles. The maximum atomic E-state index is 5.76. The van der Waals surface area contributed by atoms with Gasteiger partial charge in [0.2, 0.25) is 4.77 Å². The number of rotatable bonds is 6. The Morgan fingerprint density at radius 2 is 2.07 bits per heavy atom. The smallest absolute Gasteiger partial charge is 0.216 e.